The van der Waals surface area contributed by atoms with Crippen LogP contribution in [0.4, 0.5) is 0 Å². The maximum absolute atomic E-state index is 9.88. The van der Waals surface area contributed by atoms with Crippen LogP contribution in [0.1, 0.15) is 5.56 Å². The van der Waals surface area contributed by atoms with Gasteiger partial charge in [0.15, 0.2) is 0 Å². The van der Waals surface area contributed by atoms with E-state index in [-0.39, 0.29) is 19.5 Å². The summed E-state index contributed by atoms with van der Waals surface area (Å²) < 4.78 is 0. The van der Waals surface area contributed by atoms with Gasteiger partial charge in [-0.15, -0.1) is 0 Å². The summed E-state index contributed by atoms with van der Waals surface area (Å²) >= 11 is 0. The van der Waals surface area contributed by atoms with Crippen molar-refractivity contribution in [1.82, 2.24) is 0 Å². The van der Waals surface area contributed by atoms with Crippen molar-refractivity contribution in [3.63, 3.8) is 0 Å². The Morgan fingerprint density at radius 1 is 1.11 bits per heavy atom. The molecule has 0 aliphatic heterocycles. The van der Waals surface area contributed by atoms with Gasteiger partial charge in [-0.25, -0.2) is 0 Å². The van der Waals surface area contributed by atoms with Crippen molar-refractivity contribution in [1.29, 1.82) is 0 Å². The third kappa shape index (κ3) is 2.52. The first-order chi connectivity index (χ1) is 3.93. The van der Waals surface area contributed by atoms with E-state index in [4.69, 9.17) is 0 Å². The average molecular weight is 208 g/mol. The third-order valence-electron chi connectivity index (χ3n) is 0.892. The number of carbonyl (C=O) groups excluding carboxylic acids is 1. The fourth-order valence-electron chi connectivity index (χ4n) is 0.506. The zero-order valence-corrected chi connectivity index (χ0v) is 6.27. The van der Waals surface area contributed by atoms with E-state index in [1.54, 1.807) is 30.6 Å². The van der Waals surface area contributed by atoms with Gasteiger partial charge in [0.2, 0.25) is 6.29 Å². The molecule has 0 spiro atoms. The summed E-state index contributed by atoms with van der Waals surface area (Å²) in [5.74, 6) is 0. The van der Waals surface area contributed by atoms with Crippen molar-refractivity contribution < 1.29 is 24.3 Å². The van der Waals surface area contributed by atoms with Gasteiger partial charge < -0.3 is 0 Å². The normalized spacial score (nSPS) is 7.56. The second kappa shape index (κ2) is 4.40. The summed E-state index contributed by atoms with van der Waals surface area (Å²) in [5, 5.41) is 0. The zero-order valence-electron chi connectivity index (χ0n) is 4.63. The molecule has 0 bridgehead atoms. The third-order valence-corrected chi connectivity index (χ3v) is 0.892. The van der Waals surface area contributed by atoms with Crippen molar-refractivity contribution in [3.05, 3.63) is 35.9 Å². The summed E-state index contributed by atoms with van der Waals surface area (Å²) in [4.78, 5) is 9.88. The zero-order chi connectivity index (χ0) is 5.82. The molecule has 0 aliphatic carbocycles. The molecule has 0 aromatic heterocycles. The molecule has 2 radical (unpaired) electrons. The molecule has 1 rings (SSSR count). The largest absolute Gasteiger partial charge is 0.285 e. The molecule has 48 valence electrons. The van der Waals surface area contributed by atoms with Gasteiger partial charge in [0.25, 0.3) is 0 Å². The fourth-order valence-corrected chi connectivity index (χ4v) is 0.506. The average Bonchev–Trinajstić information content (AvgIpc) is 1.90. The summed E-state index contributed by atoms with van der Waals surface area (Å²) in [6.07, 6.45) is 1.78. The minimum Gasteiger partial charge on any atom is -0.285 e. The van der Waals surface area contributed by atoms with Crippen LogP contribution >= 0.6 is 0 Å². The van der Waals surface area contributed by atoms with Gasteiger partial charge in [-0.05, 0) is 0 Å². The van der Waals surface area contributed by atoms with Crippen LogP contribution in [0.2, 0.25) is 0 Å². The first-order valence-electron chi connectivity index (χ1n) is 2.36. The van der Waals surface area contributed by atoms with Gasteiger partial charge in [0, 0.05) is 25.0 Å². The number of rotatable bonds is 1. The molecule has 0 aliphatic rings. The molecule has 0 unspecified atom stereocenters. The van der Waals surface area contributed by atoms with Gasteiger partial charge in [-0.3, -0.25) is 4.79 Å². The predicted molar refractivity (Wildman–Crippen MR) is 31.2 cm³/mol. The molecule has 9 heavy (non-hydrogen) atoms. The van der Waals surface area contributed by atoms with Gasteiger partial charge in [0.1, 0.15) is 0 Å². The Balaban J connectivity index is 0.000000640. The molecule has 2 heteroatoms. The number of hydrogen-bond acceptors (Lipinski definition) is 1. The van der Waals surface area contributed by atoms with Gasteiger partial charge in [-0.2, -0.15) is 0 Å². The van der Waals surface area contributed by atoms with E-state index in [1.807, 2.05) is 6.07 Å². The Morgan fingerprint density at radius 2 is 1.67 bits per heavy atom. The van der Waals surface area contributed by atoms with E-state index in [0.717, 1.165) is 0 Å². The molecule has 0 saturated heterocycles. The van der Waals surface area contributed by atoms with Crippen LogP contribution in [0.3, 0.4) is 0 Å². The molecule has 0 atom stereocenters. The molecular weight excluding hydrogens is 203 g/mol. The molecule has 0 heterocycles. The maximum Gasteiger partial charge on any atom is 0.233 e. The van der Waals surface area contributed by atoms with Gasteiger partial charge in [-0.1, -0.05) is 30.3 Å². The smallest absolute Gasteiger partial charge is 0.233 e. The maximum atomic E-state index is 9.88. The molecule has 1 aromatic rings. The van der Waals surface area contributed by atoms with Gasteiger partial charge in [0.05, 0.1) is 0 Å². The predicted octanol–water partition coefficient (Wildman–Crippen LogP) is 1.14. The summed E-state index contributed by atoms with van der Waals surface area (Å²) in [7, 11) is 0. The Kier molecular flexibility index (Phi) is 4.16. The Bertz CT molecular complexity index is 172. The summed E-state index contributed by atoms with van der Waals surface area (Å²) in [6.45, 7) is 0. The van der Waals surface area contributed by atoms with Crippen molar-refractivity contribution in [2.24, 2.45) is 0 Å². The Morgan fingerprint density at radius 3 is 2.00 bits per heavy atom. The Labute approximate surface area is 66.8 Å². The van der Waals surface area contributed by atoms with Gasteiger partial charge >= 0.3 is 0 Å². The molecular formula is C7H5ORh. The molecule has 0 fully saturated rings. The second-order valence-corrected chi connectivity index (χ2v) is 1.47. The van der Waals surface area contributed by atoms with Crippen molar-refractivity contribution in [2.45, 2.75) is 0 Å². The topological polar surface area (TPSA) is 17.1 Å². The van der Waals surface area contributed by atoms with Crippen molar-refractivity contribution in [3.8, 4) is 0 Å². The number of benzene rings is 1. The first kappa shape index (κ1) is 8.51. The van der Waals surface area contributed by atoms with Crippen LogP contribution in [-0.2, 0) is 24.3 Å². The van der Waals surface area contributed by atoms with Crippen LogP contribution in [0, 0.1) is 0 Å². The van der Waals surface area contributed by atoms with E-state index < -0.39 is 0 Å². The van der Waals surface area contributed by atoms with Crippen LogP contribution in [0.15, 0.2) is 30.3 Å². The van der Waals surface area contributed by atoms with E-state index in [9.17, 15) is 4.79 Å². The summed E-state index contributed by atoms with van der Waals surface area (Å²) in [5.41, 5.74) is 0.604. The van der Waals surface area contributed by atoms with Crippen molar-refractivity contribution >= 4 is 6.29 Å². The minimum absolute atomic E-state index is 0. The van der Waals surface area contributed by atoms with Crippen LogP contribution in [0.25, 0.3) is 0 Å². The number of hydrogen-bond donors (Lipinski definition) is 0. The summed E-state index contributed by atoms with van der Waals surface area (Å²) in [6, 6.07) is 8.90. The van der Waals surface area contributed by atoms with Crippen molar-refractivity contribution in [2.75, 3.05) is 0 Å². The molecule has 0 N–H and O–H groups in total. The van der Waals surface area contributed by atoms with E-state index in [0.29, 0.717) is 5.56 Å². The quantitative estimate of drug-likeness (QED) is 0.632. The second-order valence-electron chi connectivity index (χ2n) is 1.47. The molecule has 0 saturated carbocycles. The fraction of sp³-hybridized carbons (Fsp3) is 0. The Hall–Kier alpha value is -0.487. The SMILES string of the molecule is O=[C]c1ccccc1.[Rh]. The van der Waals surface area contributed by atoms with E-state index in [1.165, 1.54) is 0 Å². The van der Waals surface area contributed by atoms with Crippen LogP contribution < -0.4 is 0 Å². The van der Waals surface area contributed by atoms with E-state index in [2.05, 4.69) is 0 Å². The monoisotopic (exact) mass is 208 g/mol. The van der Waals surface area contributed by atoms with E-state index >= 15 is 0 Å². The molecule has 0 amide bonds. The standard InChI is InChI=1S/C7H5O.Rh/c8-6-7-4-2-1-3-5-7;/h1-5H;. The first-order valence-corrected chi connectivity index (χ1v) is 2.36. The van der Waals surface area contributed by atoms with Crippen LogP contribution in [0.5, 0.6) is 0 Å². The molecule has 1 aromatic carbocycles. The molecule has 1 nitrogen and oxygen atoms in total. The van der Waals surface area contributed by atoms with Crippen LogP contribution in [-0.4, -0.2) is 6.29 Å². The minimum atomic E-state index is 0.